The lowest BCUT2D eigenvalue weighted by molar-refractivity contribution is -0.148. The quantitative estimate of drug-likeness (QED) is 0.293. The molecule has 0 radical (unpaired) electrons. The van der Waals surface area contributed by atoms with Crippen LogP contribution in [0.2, 0.25) is 0 Å². The number of esters is 1. The molecule has 0 aliphatic rings. The molecule has 3 N–H and O–H groups in total. The van der Waals surface area contributed by atoms with Crippen LogP contribution in [0.15, 0.2) is 78.9 Å². The van der Waals surface area contributed by atoms with Gasteiger partial charge in [0.05, 0.1) is 0 Å². The number of benzene rings is 3. The molecule has 0 aromatic heterocycles. The molecule has 0 bridgehead atoms. The number of carbonyl (C=O) groups excluding carboxylic acids is 4. The Labute approximate surface area is 208 Å². The molecule has 0 heterocycles. The van der Waals surface area contributed by atoms with E-state index in [0.717, 1.165) is 11.3 Å². The van der Waals surface area contributed by atoms with Gasteiger partial charge in [0.1, 0.15) is 11.5 Å². The highest BCUT2D eigenvalue weighted by Crippen LogP contribution is 2.23. The Morgan fingerprint density at radius 2 is 1.50 bits per heavy atom. The van der Waals surface area contributed by atoms with E-state index in [4.69, 9.17) is 9.47 Å². The van der Waals surface area contributed by atoms with Gasteiger partial charge in [0.25, 0.3) is 11.8 Å². The van der Waals surface area contributed by atoms with E-state index in [1.165, 1.54) is 0 Å². The van der Waals surface area contributed by atoms with Crippen LogP contribution in [-0.2, 0) is 19.1 Å². The Morgan fingerprint density at radius 3 is 2.22 bits per heavy atom. The van der Waals surface area contributed by atoms with Crippen molar-refractivity contribution in [2.45, 2.75) is 26.2 Å². The number of ether oxygens (including phenoxy) is 2. The van der Waals surface area contributed by atoms with Crippen molar-refractivity contribution in [2.75, 3.05) is 11.9 Å². The van der Waals surface area contributed by atoms with E-state index in [-0.39, 0.29) is 25.2 Å². The summed E-state index contributed by atoms with van der Waals surface area (Å²) in [5, 5.41) is 2.76. The second-order valence-electron chi connectivity index (χ2n) is 7.87. The van der Waals surface area contributed by atoms with Gasteiger partial charge in [0.15, 0.2) is 6.61 Å². The maximum atomic E-state index is 12.1. The number of aryl methyl sites for hydroxylation is 1. The van der Waals surface area contributed by atoms with Crippen molar-refractivity contribution in [3.8, 4) is 11.5 Å². The van der Waals surface area contributed by atoms with Crippen LogP contribution in [0.5, 0.6) is 11.5 Å². The van der Waals surface area contributed by atoms with Crippen LogP contribution >= 0.6 is 0 Å². The number of rotatable bonds is 10. The van der Waals surface area contributed by atoms with E-state index < -0.39 is 24.4 Å². The van der Waals surface area contributed by atoms with E-state index >= 15 is 0 Å². The monoisotopic (exact) mass is 489 g/mol. The van der Waals surface area contributed by atoms with Gasteiger partial charge >= 0.3 is 5.97 Å². The van der Waals surface area contributed by atoms with Crippen molar-refractivity contribution in [3.05, 3.63) is 90.0 Å². The largest absolute Gasteiger partial charge is 0.457 e. The predicted octanol–water partition coefficient (Wildman–Crippen LogP) is 3.90. The summed E-state index contributed by atoms with van der Waals surface area (Å²) < 4.78 is 10.6. The number of nitrogens with one attached hydrogen (secondary N) is 3. The highest BCUT2D eigenvalue weighted by atomic mass is 16.5. The van der Waals surface area contributed by atoms with E-state index in [1.54, 1.807) is 54.6 Å². The highest BCUT2D eigenvalue weighted by Gasteiger charge is 2.11. The minimum Gasteiger partial charge on any atom is -0.457 e. The van der Waals surface area contributed by atoms with Crippen LogP contribution in [-0.4, -0.2) is 30.3 Å². The fourth-order valence-electron chi connectivity index (χ4n) is 3.08. The Kier molecular flexibility index (Phi) is 9.58. The summed E-state index contributed by atoms with van der Waals surface area (Å²) in [6.07, 6.45) is 0.335. The van der Waals surface area contributed by atoms with Gasteiger partial charge < -0.3 is 14.8 Å². The third kappa shape index (κ3) is 8.94. The average Bonchev–Trinajstić information content (AvgIpc) is 2.87. The molecule has 0 unspecified atom stereocenters. The Hall–Kier alpha value is -4.66. The van der Waals surface area contributed by atoms with Gasteiger partial charge in [-0.2, -0.15) is 0 Å². The second kappa shape index (κ2) is 13.3. The van der Waals surface area contributed by atoms with E-state index in [0.29, 0.717) is 17.0 Å². The van der Waals surface area contributed by atoms with Crippen LogP contribution in [0.1, 0.15) is 35.2 Å². The molecule has 3 aromatic carbocycles. The van der Waals surface area contributed by atoms with Crippen molar-refractivity contribution < 1.29 is 28.7 Å². The normalized spacial score (nSPS) is 10.1. The van der Waals surface area contributed by atoms with Crippen LogP contribution in [0.25, 0.3) is 0 Å². The molecule has 3 rings (SSSR count). The van der Waals surface area contributed by atoms with Gasteiger partial charge in [-0.25, -0.2) is 0 Å². The van der Waals surface area contributed by atoms with Crippen molar-refractivity contribution in [2.24, 2.45) is 0 Å². The molecule has 3 aromatic rings. The molecule has 0 spiro atoms. The van der Waals surface area contributed by atoms with Crippen molar-refractivity contribution in [1.29, 1.82) is 0 Å². The van der Waals surface area contributed by atoms with Crippen LogP contribution in [0.4, 0.5) is 5.69 Å². The smallest absolute Gasteiger partial charge is 0.306 e. The number of anilines is 1. The minimum absolute atomic E-state index is 0.0274. The zero-order valence-electron chi connectivity index (χ0n) is 19.8. The van der Waals surface area contributed by atoms with Gasteiger partial charge in [-0.1, -0.05) is 30.3 Å². The highest BCUT2D eigenvalue weighted by molar-refractivity contribution is 5.95. The van der Waals surface area contributed by atoms with E-state index in [1.807, 2.05) is 31.2 Å². The van der Waals surface area contributed by atoms with Gasteiger partial charge in [-0.05, 0) is 67.4 Å². The Bertz CT molecular complexity index is 1200. The number of hydrazine groups is 1. The average molecular weight is 490 g/mol. The zero-order chi connectivity index (χ0) is 25.8. The summed E-state index contributed by atoms with van der Waals surface area (Å²) in [5.41, 5.74) is 6.47. The molecule has 3 amide bonds. The molecular formula is C27H27N3O6. The molecule has 9 heteroatoms. The summed E-state index contributed by atoms with van der Waals surface area (Å²) in [6, 6.07) is 23.0. The molecule has 0 saturated heterocycles. The maximum Gasteiger partial charge on any atom is 0.306 e. The lowest BCUT2D eigenvalue weighted by Crippen LogP contribution is -2.43. The maximum absolute atomic E-state index is 12.1. The van der Waals surface area contributed by atoms with Crippen molar-refractivity contribution >= 4 is 29.4 Å². The van der Waals surface area contributed by atoms with E-state index in [2.05, 4.69) is 16.2 Å². The lowest BCUT2D eigenvalue weighted by Gasteiger charge is -2.09. The summed E-state index contributed by atoms with van der Waals surface area (Å²) in [6.45, 7) is 1.44. The summed E-state index contributed by atoms with van der Waals surface area (Å²) >= 11 is 0. The third-order valence-electron chi connectivity index (χ3n) is 4.86. The van der Waals surface area contributed by atoms with Crippen LogP contribution in [0, 0.1) is 6.92 Å². The van der Waals surface area contributed by atoms with Gasteiger partial charge in [0.2, 0.25) is 5.91 Å². The van der Waals surface area contributed by atoms with Gasteiger partial charge in [0, 0.05) is 24.1 Å². The molecule has 0 fully saturated rings. The SMILES string of the molecule is Cc1cccc(Oc2ccc(NC(=O)CCCC(=O)OCC(=O)NNC(=O)c3ccccc3)cc2)c1. The third-order valence-corrected chi connectivity index (χ3v) is 4.86. The molecule has 36 heavy (non-hydrogen) atoms. The fourth-order valence-corrected chi connectivity index (χ4v) is 3.08. The van der Waals surface area contributed by atoms with Crippen molar-refractivity contribution in [3.63, 3.8) is 0 Å². The molecule has 0 saturated carbocycles. The fraction of sp³-hybridized carbons (Fsp3) is 0.185. The summed E-state index contributed by atoms with van der Waals surface area (Å²) in [7, 11) is 0. The number of hydrogen-bond acceptors (Lipinski definition) is 6. The molecule has 0 aliphatic heterocycles. The molecule has 186 valence electrons. The zero-order valence-corrected chi connectivity index (χ0v) is 19.8. The molecule has 0 atom stereocenters. The number of amides is 3. The van der Waals surface area contributed by atoms with E-state index in [9.17, 15) is 19.2 Å². The molecule has 0 aliphatic carbocycles. The van der Waals surface area contributed by atoms with Crippen molar-refractivity contribution in [1.82, 2.24) is 10.9 Å². The van der Waals surface area contributed by atoms with Crippen LogP contribution in [0.3, 0.4) is 0 Å². The standard InChI is InChI=1S/C27H27N3O6/c1-19-7-5-10-23(17-19)36-22-15-13-21(14-16-22)28-24(31)11-6-12-26(33)35-18-25(32)29-30-27(34)20-8-3-2-4-9-20/h2-5,7-10,13-17H,6,11-12,18H2,1H3,(H,28,31)(H,29,32)(H,30,34). The first-order valence-electron chi connectivity index (χ1n) is 11.3. The molecule has 9 nitrogen and oxygen atoms in total. The minimum atomic E-state index is -0.680. The molecular weight excluding hydrogens is 462 g/mol. The first kappa shape index (κ1) is 26.0. The Balaban J connectivity index is 1.29. The van der Waals surface area contributed by atoms with Crippen LogP contribution < -0.4 is 20.9 Å². The number of carbonyl (C=O) groups is 4. The first-order chi connectivity index (χ1) is 17.4. The lowest BCUT2D eigenvalue weighted by atomic mass is 10.2. The van der Waals surface area contributed by atoms with Gasteiger partial charge in [-0.15, -0.1) is 0 Å². The van der Waals surface area contributed by atoms with Gasteiger partial charge in [-0.3, -0.25) is 30.0 Å². The first-order valence-corrected chi connectivity index (χ1v) is 11.3. The predicted molar refractivity (Wildman–Crippen MR) is 133 cm³/mol. The second-order valence-corrected chi connectivity index (χ2v) is 7.87. The Morgan fingerprint density at radius 1 is 0.750 bits per heavy atom. The summed E-state index contributed by atoms with van der Waals surface area (Å²) in [5.74, 6) is -0.672. The topological polar surface area (TPSA) is 123 Å². The number of hydrogen-bond donors (Lipinski definition) is 3. The summed E-state index contributed by atoms with van der Waals surface area (Å²) in [4.78, 5) is 47.5.